The van der Waals surface area contributed by atoms with Gasteiger partial charge >= 0.3 is 0 Å². The van der Waals surface area contributed by atoms with Crippen LogP contribution in [-0.2, 0) is 4.74 Å². The second-order valence-electron chi connectivity index (χ2n) is 4.56. The maximum atomic E-state index is 9.40. The van der Waals surface area contributed by atoms with Crippen LogP contribution in [0.2, 0.25) is 0 Å². The second kappa shape index (κ2) is 5.20. The molecule has 0 aromatic carbocycles. The first-order valence-corrected chi connectivity index (χ1v) is 7.88. The first kappa shape index (κ1) is 13.0. The molecule has 2 aromatic heterocycles. The maximum absolute atomic E-state index is 9.40. The number of thiazole rings is 1. The fourth-order valence-electron chi connectivity index (χ4n) is 1.86. The number of nitrogens with one attached hydrogen (secondary N) is 1. The minimum absolute atomic E-state index is 0.118. The summed E-state index contributed by atoms with van der Waals surface area (Å²) >= 11 is 3.18. The van der Waals surface area contributed by atoms with E-state index in [0.29, 0.717) is 19.8 Å². The predicted octanol–water partition coefficient (Wildman–Crippen LogP) is 1.23. The van der Waals surface area contributed by atoms with Crippen LogP contribution in [0.25, 0.3) is 10.3 Å². The Morgan fingerprint density at radius 3 is 3.00 bits per heavy atom. The molecule has 0 aliphatic carbocycles. The first-order valence-electron chi connectivity index (χ1n) is 5.84. The van der Waals surface area contributed by atoms with Crippen LogP contribution in [0.3, 0.4) is 0 Å². The summed E-state index contributed by atoms with van der Waals surface area (Å²) in [6.45, 7) is 1.93. The number of hydrogen-bond donors (Lipinski definition) is 2. The summed E-state index contributed by atoms with van der Waals surface area (Å²) in [5, 5.41) is 12.7. The lowest BCUT2D eigenvalue weighted by molar-refractivity contribution is -0.128. The number of thioether (sulfide) groups is 1. The molecule has 0 unspecified atom stereocenters. The summed E-state index contributed by atoms with van der Waals surface area (Å²) in [4.78, 5) is 12.8. The van der Waals surface area contributed by atoms with Crippen molar-refractivity contribution in [3.05, 3.63) is 6.33 Å². The van der Waals surface area contributed by atoms with Crippen molar-refractivity contribution in [1.29, 1.82) is 0 Å². The zero-order chi connectivity index (χ0) is 13.3. The van der Waals surface area contributed by atoms with Crippen molar-refractivity contribution in [2.45, 2.75) is 4.34 Å². The van der Waals surface area contributed by atoms with Crippen LogP contribution in [0, 0.1) is 5.41 Å². The molecular weight excluding hydrogens is 284 g/mol. The van der Waals surface area contributed by atoms with Gasteiger partial charge in [0, 0.05) is 6.54 Å². The van der Waals surface area contributed by atoms with E-state index in [1.807, 2.05) is 6.26 Å². The summed E-state index contributed by atoms with van der Waals surface area (Å²) in [6, 6.07) is 0. The van der Waals surface area contributed by atoms with Crippen molar-refractivity contribution in [1.82, 2.24) is 15.0 Å². The van der Waals surface area contributed by atoms with Crippen LogP contribution < -0.4 is 5.32 Å². The quantitative estimate of drug-likeness (QED) is 0.804. The minimum atomic E-state index is -0.176. The Bertz CT molecular complexity index is 580. The van der Waals surface area contributed by atoms with Gasteiger partial charge in [-0.1, -0.05) is 11.8 Å². The van der Waals surface area contributed by atoms with Crippen molar-refractivity contribution in [2.24, 2.45) is 5.41 Å². The van der Waals surface area contributed by atoms with Crippen LogP contribution in [-0.4, -0.2) is 52.7 Å². The van der Waals surface area contributed by atoms with Gasteiger partial charge in [0.1, 0.15) is 16.8 Å². The van der Waals surface area contributed by atoms with Gasteiger partial charge in [0.05, 0.1) is 25.2 Å². The van der Waals surface area contributed by atoms with E-state index in [2.05, 4.69) is 20.3 Å². The van der Waals surface area contributed by atoms with Gasteiger partial charge in [-0.3, -0.25) is 0 Å². The van der Waals surface area contributed by atoms with Crippen LogP contribution >= 0.6 is 23.1 Å². The molecule has 1 fully saturated rings. The van der Waals surface area contributed by atoms with Crippen molar-refractivity contribution >= 4 is 39.3 Å². The van der Waals surface area contributed by atoms with E-state index >= 15 is 0 Å². The SMILES string of the molecule is CSc1nc2ncnc(NCC3(CO)COC3)c2s1. The molecule has 3 heterocycles. The van der Waals surface area contributed by atoms with Crippen LogP contribution in [0.1, 0.15) is 0 Å². The van der Waals surface area contributed by atoms with E-state index in [-0.39, 0.29) is 12.0 Å². The highest BCUT2D eigenvalue weighted by molar-refractivity contribution is 8.00. The van der Waals surface area contributed by atoms with Crippen molar-refractivity contribution in [3.8, 4) is 0 Å². The van der Waals surface area contributed by atoms with Gasteiger partial charge in [0.15, 0.2) is 9.99 Å². The molecule has 2 N–H and O–H groups in total. The third-order valence-corrected chi connectivity index (χ3v) is 5.17. The minimum Gasteiger partial charge on any atom is -0.396 e. The van der Waals surface area contributed by atoms with Gasteiger partial charge in [0.25, 0.3) is 0 Å². The van der Waals surface area contributed by atoms with Crippen molar-refractivity contribution < 1.29 is 9.84 Å². The number of anilines is 1. The smallest absolute Gasteiger partial charge is 0.176 e. The van der Waals surface area contributed by atoms with Crippen molar-refractivity contribution in [2.75, 3.05) is 37.9 Å². The fourth-order valence-corrected chi connectivity index (χ4v) is 3.34. The van der Waals surface area contributed by atoms with Gasteiger partial charge in [-0.05, 0) is 6.26 Å². The molecule has 8 heteroatoms. The predicted molar refractivity (Wildman–Crippen MR) is 75.8 cm³/mol. The normalized spacial score (nSPS) is 17.4. The average Bonchev–Trinajstić information content (AvgIpc) is 2.81. The average molecular weight is 298 g/mol. The third kappa shape index (κ3) is 2.40. The first-order chi connectivity index (χ1) is 9.26. The number of aliphatic hydroxyl groups is 1. The van der Waals surface area contributed by atoms with Gasteiger partial charge in [-0.2, -0.15) is 0 Å². The Kier molecular flexibility index (Phi) is 3.57. The van der Waals surface area contributed by atoms with Gasteiger partial charge in [-0.15, -0.1) is 11.3 Å². The zero-order valence-electron chi connectivity index (χ0n) is 10.4. The molecule has 1 aliphatic heterocycles. The highest BCUT2D eigenvalue weighted by atomic mass is 32.2. The Morgan fingerprint density at radius 1 is 1.53 bits per heavy atom. The third-order valence-electron chi connectivity index (χ3n) is 3.13. The molecule has 0 bridgehead atoms. The standard InChI is InChI=1S/C11H14N4O2S2/c1-18-10-15-9-7(19-10)8(13-6-14-9)12-2-11(3-16)4-17-5-11/h6,16H,2-5H2,1H3,(H,12,13,14). The Hall–Kier alpha value is -0.960. The van der Waals surface area contributed by atoms with E-state index in [4.69, 9.17) is 4.74 Å². The monoisotopic (exact) mass is 298 g/mol. The Balaban J connectivity index is 1.82. The summed E-state index contributed by atoms with van der Waals surface area (Å²) in [5.74, 6) is 0.780. The largest absolute Gasteiger partial charge is 0.396 e. The molecule has 0 atom stereocenters. The molecule has 0 spiro atoms. The molecule has 1 saturated heterocycles. The molecule has 0 radical (unpaired) electrons. The fraction of sp³-hybridized carbons (Fsp3) is 0.545. The summed E-state index contributed by atoms with van der Waals surface area (Å²) in [7, 11) is 0. The lowest BCUT2D eigenvalue weighted by Gasteiger charge is -2.39. The number of hydrogen-bond acceptors (Lipinski definition) is 8. The Morgan fingerprint density at radius 2 is 2.37 bits per heavy atom. The zero-order valence-corrected chi connectivity index (χ0v) is 12.1. The topological polar surface area (TPSA) is 80.2 Å². The highest BCUT2D eigenvalue weighted by Gasteiger charge is 2.38. The molecular formula is C11H14N4O2S2. The van der Waals surface area contributed by atoms with E-state index in [1.165, 1.54) is 6.33 Å². The number of rotatable bonds is 5. The molecule has 1 aliphatic rings. The van der Waals surface area contributed by atoms with Gasteiger partial charge in [0.2, 0.25) is 0 Å². The van der Waals surface area contributed by atoms with E-state index in [1.54, 1.807) is 23.1 Å². The molecule has 6 nitrogen and oxygen atoms in total. The second-order valence-corrected chi connectivity index (χ2v) is 6.62. The summed E-state index contributed by atoms with van der Waals surface area (Å²) in [6.07, 6.45) is 3.50. The molecule has 2 aromatic rings. The number of ether oxygens (including phenoxy) is 1. The van der Waals surface area contributed by atoms with E-state index in [9.17, 15) is 5.11 Å². The van der Waals surface area contributed by atoms with Crippen LogP contribution in [0.15, 0.2) is 10.7 Å². The van der Waals surface area contributed by atoms with Gasteiger partial charge in [-0.25, -0.2) is 15.0 Å². The van der Waals surface area contributed by atoms with E-state index in [0.717, 1.165) is 20.5 Å². The molecule has 102 valence electrons. The molecule has 19 heavy (non-hydrogen) atoms. The number of aliphatic hydroxyl groups excluding tert-OH is 1. The van der Waals surface area contributed by atoms with E-state index < -0.39 is 0 Å². The summed E-state index contributed by atoms with van der Waals surface area (Å²) in [5.41, 5.74) is 0.541. The lowest BCUT2D eigenvalue weighted by atomic mass is 9.87. The number of aromatic nitrogens is 3. The molecule has 0 amide bonds. The van der Waals surface area contributed by atoms with Crippen LogP contribution in [0.5, 0.6) is 0 Å². The lowest BCUT2D eigenvalue weighted by Crippen LogP contribution is -2.50. The number of nitrogens with zero attached hydrogens (tertiary/aromatic N) is 3. The highest BCUT2D eigenvalue weighted by Crippen LogP contribution is 2.32. The number of fused-ring (bicyclic) bond motifs is 1. The van der Waals surface area contributed by atoms with Crippen molar-refractivity contribution in [3.63, 3.8) is 0 Å². The molecule has 0 saturated carbocycles. The maximum Gasteiger partial charge on any atom is 0.176 e. The van der Waals surface area contributed by atoms with Gasteiger partial charge < -0.3 is 15.2 Å². The summed E-state index contributed by atoms with van der Waals surface area (Å²) < 4.78 is 7.11. The van der Waals surface area contributed by atoms with Crippen LogP contribution in [0.4, 0.5) is 5.82 Å². The molecule has 3 rings (SSSR count). The Labute approximate surface area is 118 Å².